The largest absolute Gasteiger partial charge is 0.401 e. The van der Waals surface area contributed by atoms with E-state index < -0.39 is 12.7 Å². The van der Waals surface area contributed by atoms with Crippen LogP contribution in [0.1, 0.15) is 26.7 Å². The van der Waals surface area contributed by atoms with Crippen LogP contribution < -0.4 is 5.32 Å². The molecule has 1 aliphatic rings. The molecule has 1 fully saturated rings. The summed E-state index contributed by atoms with van der Waals surface area (Å²) in [6.45, 7) is 5.64. The minimum Gasteiger partial charge on any atom is -0.377 e. The van der Waals surface area contributed by atoms with Gasteiger partial charge in [0.15, 0.2) is 0 Å². The second kappa shape index (κ2) is 7.31. The van der Waals surface area contributed by atoms with Gasteiger partial charge in [-0.3, -0.25) is 4.90 Å². The third kappa shape index (κ3) is 6.56. The van der Waals surface area contributed by atoms with E-state index in [1.807, 2.05) is 13.8 Å². The van der Waals surface area contributed by atoms with Crippen molar-refractivity contribution in [2.24, 2.45) is 0 Å². The van der Waals surface area contributed by atoms with Crippen LogP contribution in [-0.2, 0) is 4.74 Å². The average Bonchev–Trinajstić information content (AvgIpc) is 2.26. The number of nitrogens with zero attached hydrogens (tertiary/aromatic N) is 1. The van der Waals surface area contributed by atoms with Gasteiger partial charge in [0.05, 0.1) is 12.6 Å². The first kappa shape index (κ1) is 15.7. The maximum absolute atomic E-state index is 12.2. The van der Waals surface area contributed by atoms with E-state index in [-0.39, 0.29) is 6.10 Å². The molecule has 1 atom stereocenters. The number of alkyl halides is 3. The van der Waals surface area contributed by atoms with Crippen molar-refractivity contribution < 1.29 is 17.9 Å². The van der Waals surface area contributed by atoms with E-state index in [9.17, 15) is 13.2 Å². The number of nitrogens with one attached hydrogen (secondary N) is 1. The lowest BCUT2D eigenvalue weighted by atomic mass is 10.0. The molecule has 0 radical (unpaired) electrons. The maximum Gasteiger partial charge on any atom is 0.401 e. The summed E-state index contributed by atoms with van der Waals surface area (Å²) in [6, 6.07) is 0.317. The second-order valence-electron chi connectivity index (χ2n) is 4.84. The van der Waals surface area contributed by atoms with E-state index >= 15 is 0 Å². The van der Waals surface area contributed by atoms with E-state index in [1.54, 1.807) is 0 Å². The molecule has 18 heavy (non-hydrogen) atoms. The molecular weight excluding hydrogens is 245 g/mol. The zero-order chi connectivity index (χ0) is 13.6. The average molecular weight is 268 g/mol. The summed E-state index contributed by atoms with van der Waals surface area (Å²) >= 11 is 0. The van der Waals surface area contributed by atoms with Crippen molar-refractivity contribution in [3.63, 3.8) is 0 Å². The molecule has 0 spiro atoms. The van der Waals surface area contributed by atoms with Gasteiger partial charge in [0, 0.05) is 19.2 Å². The van der Waals surface area contributed by atoms with Crippen molar-refractivity contribution in [2.45, 2.75) is 45.0 Å². The van der Waals surface area contributed by atoms with Gasteiger partial charge in [-0.2, -0.15) is 13.2 Å². The van der Waals surface area contributed by atoms with Crippen molar-refractivity contribution in [1.29, 1.82) is 0 Å². The van der Waals surface area contributed by atoms with E-state index in [2.05, 4.69) is 5.32 Å². The second-order valence-corrected chi connectivity index (χ2v) is 4.84. The normalized spacial score (nSPS) is 21.2. The van der Waals surface area contributed by atoms with Crippen LogP contribution in [0.5, 0.6) is 0 Å². The maximum atomic E-state index is 12.2. The third-order valence-electron chi connectivity index (χ3n) is 3.14. The molecule has 1 rings (SSSR count). The zero-order valence-electron chi connectivity index (χ0n) is 11.1. The number of rotatable bonds is 6. The molecule has 0 aliphatic carbocycles. The van der Waals surface area contributed by atoms with Crippen LogP contribution in [-0.4, -0.2) is 56.0 Å². The highest BCUT2D eigenvalue weighted by molar-refractivity contribution is 4.79. The topological polar surface area (TPSA) is 24.5 Å². The Balaban J connectivity index is 2.15. The van der Waals surface area contributed by atoms with Gasteiger partial charge < -0.3 is 10.1 Å². The molecule has 1 heterocycles. The fourth-order valence-corrected chi connectivity index (χ4v) is 2.22. The summed E-state index contributed by atoms with van der Waals surface area (Å²) in [4.78, 5) is 1.48. The molecule has 1 N–H and O–H groups in total. The molecule has 0 saturated carbocycles. The van der Waals surface area contributed by atoms with E-state index in [1.165, 1.54) is 4.90 Å². The molecule has 1 aliphatic heterocycles. The van der Waals surface area contributed by atoms with Gasteiger partial charge in [-0.25, -0.2) is 0 Å². The first-order valence-electron chi connectivity index (χ1n) is 6.54. The molecule has 1 unspecified atom stereocenters. The number of halogens is 3. The van der Waals surface area contributed by atoms with Crippen LogP contribution in [0.3, 0.4) is 0 Å². The Morgan fingerprint density at radius 1 is 1.33 bits per heavy atom. The van der Waals surface area contributed by atoms with Crippen LogP contribution in [0.25, 0.3) is 0 Å². The first-order chi connectivity index (χ1) is 8.40. The predicted octanol–water partition coefficient (Wildman–Crippen LogP) is 2.03. The highest BCUT2D eigenvalue weighted by Crippen LogP contribution is 2.19. The zero-order valence-corrected chi connectivity index (χ0v) is 11.1. The van der Waals surface area contributed by atoms with E-state index in [4.69, 9.17) is 4.74 Å². The minimum absolute atomic E-state index is 0.156. The van der Waals surface area contributed by atoms with Gasteiger partial charge in [0.1, 0.15) is 0 Å². The summed E-state index contributed by atoms with van der Waals surface area (Å²) in [5, 5.41) is 3.36. The monoisotopic (exact) mass is 268 g/mol. The fourth-order valence-electron chi connectivity index (χ4n) is 2.22. The highest BCUT2D eigenvalue weighted by atomic mass is 19.4. The van der Waals surface area contributed by atoms with E-state index in [0.29, 0.717) is 25.7 Å². The molecule has 108 valence electrons. The van der Waals surface area contributed by atoms with Gasteiger partial charge in [0.2, 0.25) is 0 Å². The SMILES string of the molecule is CCOC(C)CNC1CCN(CC(F)(F)F)CC1. The molecule has 0 aromatic rings. The summed E-state index contributed by atoms with van der Waals surface area (Å²) in [6.07, 6.45) is -2.38. The van der Waals surface area contributed by atoms with Crippen molar-refractivity contribution in [3.05, 3.63) is 0 Å². The molecule has 3 nitrogen and oxygen atoms in total. The summed E-state index contributed by atoms with van der Waals surface area (Å²) in [7, 11) is 0. The lowest BCUT2D eigenvalue weighted by molar-refractivity contribution is -0.148. The van der Waals surface area contributed by atoms with Gasteiger partial charge in [-0.1, -0.05) is 0 Å². The smallest absolute Gasteiger partial charge is 0.377 e. The van der Waals surface area contributed by atoms with Gasteiger partial charge in [-0.15, -0.1) is 0 Å². The van der Waals surface area contributed by atoms with Gasteiger partial charge in [-0.05, 0) is 39.8 Å². The molecule has 6 heteroatoms. The Labute approximate surface area is 107 Å². The van der Waals surface area contributed by atoms with Crippen molar-refractivity contribution >= 4 is 0 Å². The Morgan fingerprint density at radius 2 is 1.94 bits per heavy atom. The van der Waals surface area contributed by atoms with Gasteiger partial charge >= 0.3 is 6.18 Å². The Kier molecular flexibility index (Phi) is 6.38. The fraction of sp³-hybridized carbons (Fsp3) is 1.00. The van der Waals surface area contributed by atoms with Crippen molar-refractivity contribution in [1.82, 2.24) is 10.2 Å². The van der Waals surface area contributed by atoms with Crippen LogP contribution >= 0.6 is 0 Å². The predicted molar refractivity (Wildman–Crippen MR) is 64.6 cm³/mol. The number of likely N-dealkylation sites (tertiary alicyclic amines) is 1. The molecule has 0 aromatic carbocycles. The number of hydrogen-bond acceptors (Lipinski definition) is 3. The Morgan fingerprint density at radius 3 is 2.44 bits per heavy atom. The van der Waals surface area contributed by atoms with Crippen LogP contribution in [0.15, 0.2) is 0 Å². The van der Waals surface area contributed by atoms with Crippen molar-refractivity contribution in [3.8, 4) is 0 Å². The Bertz CT molecular complexity index is 228. The molecule has 0 bridgehead atoms. The first-order valence-corrected chi connectivity index (χ1v) is 6.54. The van der Waals surface area contributed by atoms with Crippen LogP contribution in [0.4, 0.5) is 13.2 Å². The number of piperidine rings is 1. The third-order valence-corrected chi connectivity index (χ3v) is 3.14. The van der Waals surface area contributed by atoms with Crippen LogP contribution in [0.2, 0.25) is 0 Å². The quantitative estimate of drug-likeness (QED) is 0.797. The minimum atomic E-state index is -4.08. The van der Waals surface area contributed by atoms with Crippen LogP contribution in [0, 0.1) is 0 Å². The Hall–Kier alpha value is -0.330. The lowest BCUT2D eigenvalue weighted by Gasteiger charge is -2.33. The van der Waals surface area contributed by atoms with E-state index in [0.717, 1.165) is 19.4 Å². The highest BCUT2D eigenvalue weighted by Gasteiger charge is 2.32. The van der Waals surface area contributed by atoms with Gasteiger partial charge in [0.25, 0.3) is 0 Å². The lowest BCUT2D eigenvalue weighted by Crippen LogP contribution is -2.46. The summed E-state index contributed by atoms with van der Waals surface area (Å²) < 4.78 is 42.0. The summed E-state index contributed by atoms with van der Waals surface area (Å²) in [5.41, 5.74) is 0. The molecular formula is C12H23F3N2O. The number of ether oxygens (including phenoxy) is 1. The standard InChI is InChI=1S/C12H23F3N2O/c1-3-18-10(2)8-16-11-4-6-17(7-5-11)9-12(13,14)15/h10-11,16H,3-9H2,1-2H3. The molecule has 0 aromatic heterocycles. The molecule has 0 amide bonds. The van der Waals surface area contributed by atoms with Crippen molar-refractivity contribution in [2.75, 3.05) is 32.8 Å². The summed E-state index contributed by atoms with van der Waals surface area (Å²) in [5.74, 6) is 0. The number of hydrogen-bond donors (Lipinski definition) is 1. The molecule has 1 saturated heterocycles.